The zero-order valence-corrected chi connectivity index (χ0v) is 10.0. The van der Waals surface area contributed by atoms with E-state index in [1.165, 1.54) is 32.1 Å². The smallest absolute Gasteiger partial charge is 0.119 e. The highest BCUT2D eigenvalue weighted by molar-refractivity contribution is 5.45. The fraction of sp³-hybridized carbons (Fsp3) is 0.571. The lowest BCUT2D eigenvalue weighted by Crippen LogP contribution is -2.15. The first-order valence-electron chi connectivity index (χ1n) is 6.29. The van der Waals surface area contributed by atoms with Crippen molar-refractivity contribution in [1.82, 2.24) is 0 Å². The minimum atomic E-state index is 0.776. The standard InChI is InChI=1S/C14H21NO/c1-15-13-7-9-14(10-8-13)16-11-12-5-3-2-4-6-12/h7-10,12,15H,2-6,11H2,1H3. The molecular formula is C14H21NO. The van der Waals surface area contributed by atoms with E-state index in [-0.39, 0.29) is 0 Å². The van der Waals surface area contributed by atoms with Gasteiger partial charge in [0.05, 0.1) is 6.61 Å². The summed E-state index contributed by atoms with van der Waals surface area (Å²) in [6.07, 6.45) is 6.86. The number of ether oxygens (including phenoxy) is 1. The van der Waals surface area contributed by atoms with Crippen molar-refractivity contribution >= 4 is 5.69 Å². The molecule has 1 N–H and O–H groups in total. The average molecular weight is 219 g/mol. The highest BCUT2D eigenvalue weighted by Crippen LogP contribution is 2.24. The maximum absolute atomic E-state index is 5.82. The van der Waals surface area contributed by atoms with Gasteiger partial charge in [0.1, 0.15) is 5.75 Å². The molecule has 1 aliphatic carbocycles. The molecule has 1 aliphatic rings. The second-order valence-electron chi connectivity index (χ2n) is 4.59. The zero-order valence-electron chi connectivity index (χ0n) is 10.0. The molecule has 0 unspecified atom stereocenters. The molecule has 2 rings (SSSR count). The van der Waals surface area contributed by atoms with Crippen LogP contribution in [0.25, 0.3) is 0 Å². The number of benzene rings is 1. The van der Waals surface area contributed by atoms with Crippen LogP contribution in [0.2, 0.25) is 0 Å². The van der Waals surface area contributed by atoms with Crippen LogP contribution in [0.3, 0.4) is 0 Å². The van der Waals surface area contributed by atoms with E-state index in [1.807, 2.05) is 19.2 Å². The van der Waals surface area contributed by atoms with Crippen molar-refractivity contribution in [3.63, 3.8) is 0 Å². The van der Waals surface area contributed by atoms with E-state index in [0.29, 0.717) is 0 Å². The summed E-state index contributed by atoms with van der Waals surface area (Å²) in [6, 6.07) is 8.18. The summed E-state index contributed by atoms with van der Waals surface area (Å²) >= 11 is 0. The second kappa shape index (κ2) is 5.78. The van der Waals surface area contributed by atoms with Gasteiger partial charge in [0.25, 0.3) is 0 Å². The van der Waals surface area contributed by atoms with Crippen LogP contribution in [0, 0.1) is 5.92 Å². The first-order chi connectivity index (χ1) is 7.88. The van der Waals surface area contributed by atoms with Crippen molar-refractivity contribution < 1.29 is 4.74 Å². The third-order valence-corrected chi connectivity index (χ3v) is 3.35. The van der Waals surface area contributed by atoms with Gasteiger partial charge in [-0.15, -0.1) is 0 Å². The summed E-state index contributed by atoms with van der Waals surface area (Å²) in [5.74, 6) is 1.77. The van der Waals surface area contributed by atoms with E-state index >= 15 is 0 Å². The van der Waals surface area contributed by atoms with Crippen molar-refractivity contribution in [3.8, 4) is 5.75 Å². The molecule has 0 heterocycles. The summed E-state index contributed by atoms with van der Waals surface area (Å²) < 4.78 is 5.82. The quantitative estimate of drug-likeness (QED) is 0.834. The van der Waals surface area contributed by atoms with Crippen LogP contribution in [-0.2, 0) is 0 Å². The van der Waals surface area contributed by atoms with Crippen LogP contribution < -0.4 is 10.1 Å². The Morgan fingerprint density at radius 2 is 1.81 bits per heavy atom. The van der Waals surface area contributed by atoms with Gasteiger partial charge in [-0.05, 0) is 43.0 Å². The largest absolute Gasteiger partial charge is 0.493 e. The Morgan fingerprint density at radius 1 is 1.12 bits per heavy atom. The molecular weight excluding hydrogens is 198 g/mol. The van der Waals surface area contributed by atoms with Crippen LogP contribution in [0.5, 0.6) is 5.75 Å². The predicted molar refractivity (Wildman–Crippen MR) is 68.1 cm³/mol. The maximum Gasteiger partial charge on any atom is 0.119 e. The molecule has 0 radical (unpaired) electrons. The normalized spacial score (nSPS) is 17.1. The first kappa shape index (κ1) is 11.3. The third kappa shape index (κ3) is 3.16. The molecule has 16 heavy (non-hydrogen) atoms. The Morgan fingerprint density at radius 3 is 2.44 bits per heavy atom. The zero-order chi connectivity index (χ0) is 11.2. The molecule has 0 bridgehead atoms. The van der Waals surface area contributed by atoms with Crippen molar-refractivity contribution in [2.45, 2.75) is 32.1 Å². The van der Waals surface area contributed by atoms with Gasteiger partial charge in [-0.25, -0.2) is 0 Å². The molecule has 0 atom stereocenters. The topological polar surface area (TPSA) is 21.3 Å². The Bertz CT molecular complexity index is 301. The van der Waals surface area contributed by atoms with Crippen molar-refractivity contribution in [2.24, 2.45) is 5.92 Å². The number of hydrogen-bond donors (Lipinski definition) is 1. The van der Waals surface area contributed by atoms with Gasteiger partial charge in [-0.1, -0.05) is 19.3 Å². The van der Waals surface area contributed by atoms with Crippen LogP contribution in [0.4, 0.5) is 5.69 Å². The predicted octanol–water partition coefficient (Wildman–Crippen LogP) is 3.69. The van der Waals surface area contributed by atoms with Crippen molar-refractivity contribution in [3.05, 3.63) is 24.3 Å². The number of rotatable bonds is 4. The van der Waals surface area contributed by atoms with Gasteiger partial charge in [-0.2, -0.15) is 0 Å². The molecule has 2 nitrogen and oxygen atoms in total. The van der Waals surface area contributed by atoms with Gasteiger partial charge in [-0.3, -0.25) is 0 Å². The Labute approximate surface area is 98.0 Å². The molecule has 1 saturated carbocycles. The summed E-state index contributed by atoms with van der Waals surface area (Å²) in [5.41, 5.74) is 1.13. The third-order valence-electron chi connectivity index (χ3n) is 3.35. The first-order valence-corrected chi connectivity index (χ1v) is 6.29. The highest BCUT2D eigenvalue weighted by atomic mass is 16.5. The van der Waals surface area contributed by atoms with Gasteiger partial charge >= 0.3 is 0 Å². The average Bonchev–Trinajstić information content (AvgIpc) is 2.38. The summed E-state index contributed by atoms with van der Waals surface area (Å²) in [5, 5.41) is 3.10. The van der Waals surface area contributed by atoms with Crippen LogP contribution in [0.1, 0.15) is 32.1 Å². The Balaban J connectivity index is 1.79. The second-order valence-corrected chi connectivity index (χ2v) is 4.59. The molecule has 0 saturated heterocycles. The monoisotopic (exact) mass is 219 g/mol. The maximum atomic E-state index is 5.82. The Kier molecular flexibility index (Phi) is 4.09. The minimum absolute atomic E-state index is 0.776. The van der Waals surface area contributed by atoms with E-state index in [2.05, 4.69) is 17.4 Å². The van der Waals surface area contributed by atoms with Gasteiger partial charge in [0.2, 0.25) is 0 Å². The number of anilines is 1. The molecule has 0 spiro atoms. The lowest BCUT2D eigenvalue weighted by molar-refractivity contribution is 0.209. The highest BCUT2D eigenvalue weighted by Gasteiger charge is 2.13. The van der Waals surface area contributed by atoms with Gasteiger partial charge in [0, 0.05) is 12.7 Å². The van der Waals surface area contributed by atoms with Crippen LogP contribution >= 0.6 is 0 Å². The van der Waals surface area contributed by atoms with Crippen LogP contribution in [0.15, 0.2) is 24.3 Å². The minimum Gasteiger partial charge on any atom is -0.493 e. The van der Waals surface area contributed by atoms with Gasteiger partial charge in [0.15, 0.2) is 0 Å². The lowest BCUT2D eigenvalue weighted by atomic mass is 9.90. The van der Waals surface area contributed by atoms with E-state index < -0.39 is 0 Å². The number of nitrogens with one attached hydrogen (secondary N) is 1. The summed E-state index contributed by atoms with van der Waals surface area (Å²) in [4.78, 5) is 0. The summed E-state index contributed by atoms with van der Waals surface area (Å²) in [7, 11) is 1.93. The molecule has 88 valence electrons. The SMILES string of the molecule is CNc1ccc(OCC2CCCCC2)cc1. The molecule has 0 amide bonds. The molecule has 0 aliphatic heterocycles. The van der Waals surface area contributed by atoms with Gasteiger partial charge < -0.3 is 10.1 Å². The lowest BCUT2D eigenvalue weighted by Gasteiger charge is -2.21. The van der Waals surface area contributed by atoms with E-state index in [4.69, 9.17) is 4.74 Å². The fourth-order valence-corrected chi connectivity index (χ4v) is 2.29. The van der Waals surface area contributed by atoms with Crippen molar-refractivity contribution in [1.29, 1.82) is 0 Å². The fourth-order valence-electron chi connectivity index (χ4n) is 2.29. The van der Waals surface area contributed by atoms with Crippen LogP contribution in [-0.4, -0.2) is 13.7 Å². The van der Waals surface area contributed by atoms with Crippen molar-refractivity contribution in [2.75, 3.05) is 19.0 Å². The summed E-state index contributed by atoms with van der Waals surface area (Å²) in [6.45, 7) is 0.888. The van der Waals surface area contributed by atoms with E-state index in [9.17, 15) is 0 Å². The molecule has 1 aromatic carbocycles. The molecule has 1 aromatic rings. The molecule has 1 fully saturated rings. The Hall–Kier alpha value is -1.18. The van der Waals surface area contributed by atoms with E-state index in [0.717, 1.165) is 24.0 Å². The van der Waals surface area contributed by atoms with E-state index in [1.54, 1.807) is 0 Å². The molecule has 2 heteroatoms. The number of hydrogen-bond acceptors (Lipinski definition) is 2. The molecule has 0 aromatic heterocycles.